The smallest absolute Gasteiger partial charge is 0.374 e. The van der Waals surface area contributed by atoms with Crippen LogP contribution < -0.4 is 0 Å². The third-order valence-corrected chi connectivity index (χ3v) is 5.57. The van der Waals surface area contributed by atoms with Crippen LogP contribution in [-0.2, 0) is 13.3 Å². The summed E-state index contributed by atoms with van der Waals surface area (Å²) >= 11 is 0. The van der Waals surface area contributed by atoms with Gasteiger partial charge in [-0.15, -0.1) is 0 Å². The van der Waals surface area contributed by atoms with Crippen LogP contribution in [0.3, 0.4) is 0 Å². The maximum Gasteiger partial charge on any atom is 0.498 e. The predicted molar refractivity (Wildman–Crippen MR) is 69.5 cm³/mol. The van der Waals surface area contributed by atoms with E-state index >= 15 is 0 Å². The molecule has 0 amide bonds. The monoisotopic (exact) mass is 248 g/mol. The first kappa shape index (κ1) is 16.1. The molecule has 0 spiro atoms. The van der Waals surface area contributed by atoms with Crippen LogP contribution in [0.15, 0.2) is 0 Å². The summed E-state index contributed by atoms with van der Waals surface area (Å²) in [5, 5.41) is 0. The van der Waals surface area contributed by atoms with Crippen molar-refractivity contribution in [3.05, 3.63) is 0 Å². The fourth-order valence-electron chi connectivity index (χ4n) is 1.24. The fraction of sp³-hybridized carbons (Fsp3) is 1.00. The van der Waals surface area contributed by atoms with Crippen LogP contribution in [0, 0.1) is 5.41 Å². The van der Waals surface area contributed by atoms with Crippen molar-refractivity contribution in [2.45, 2.75) is 60.6 Å². The van der Waals surface area contributed by atoms with Crippen molar-refractivity contribution in [3.63, 3.8) is 0 Å². The van der Waals surface area contributed by atoms with E-state index in [0.717, 1.165) is 0 Å². The second-order valence-corrected chi connectivity index (χ2v) is 8.10. The zero-order chi connectivity index (χ0) is 13.0. The molecule has 0 bridgehead atoms. The van der Waals surface area contributed by atoms with E-state index in [9.17, 15) is 0 Å². The first-order valence-corrected chi connectivity index (χ1v) is 8.28. The molecule has 0 saturated heterocycles. The maximum atomic E-state index is 6.17. The van der Waals surface area contributed by atoms with E-state index in [1.165, 1.54) is 0 Å². The summed E-state index contributed by atoms with van der Waals surface area (Å²) in [6, 6.07) is 0. The SMILES string of the molecule is CCO[Si](C)(OCC)OC(C)(C)C(C)(C)C. The average Bonchev–Trinajstić information content (AvgIpc) is 2.00. The quantitative estimate of drug-likeness (QED) is 0.674. The molecule has 0 unspecified atom stereocenters. The minimum Gasteiger partial charge on any atom is -0.374 e. The normalized spacial score (nSPS) is 14.2. The van der Waals surface area contributed by atoms with Crippen LogP contribution in [0.5, 0.6) is 0 Å². The van der Waals surface area contributed by atoms with Gasteiger partial charge in [-0.05, 0) is 33.1 Å². The fourth-order valence-corrected chi connectivity index (χ4v) is 3.72. The lowest BCUT2D eigenvalue weighted by Crippen LogP contribution is -2.53. The molecule has 98 valence electrons. The molecule has 16 heavy (non-hydrogen) atoms. The highest BCUT2D eigenvalue weighted by atomic mass is 28.4. The lowest BCUT2D eigenvalue weighted by atomic mass is 9.79. The van der Waals surface area contributed by atoms with E-state index in [4.69, 9.17) is 13.3 Å². The first-order valence-electron chi connectivity index (χ1n) is 6.06. The molecule has 0 heterocycles. The van der Waals surface area contributed by atoms with Crippen LogP contribution in [0.2, 0.25) is 6.55 Å². The molecular formula is C12H28O3Si. The third-order valence-electron chi connectivity index (χ3n) is 3.06. The van der Waals surface area contributed by atoms with Crippen LogP contribution >= 0.6 is 0 Å². The topological polar surface area (TPSA) is 27.7 Å². The van der Waals surface area contributed by atoms with Gasteiger partial charge < -0.3 is 13.3 Å². The molecule has 0 rings (SSSR count). The molecule has 0 aliphatic heterocycles. The summed E-state index contributed by atoms with van der Waals surface area (Å²) < 4.78 is 17.6. The Bertz CT molecular complexity index is 203. The third kappa shape index (κ3) is 4.53. The van der Waals surface area contributed by atoms with Crippen LogP contribution in [0.4, 0.5) is 0 Å². The Hall–Kier alpha value is 0.0969. The summed E-state index contributed by atoms with van der Waals surface area (Å²) in [6.07, 6.45) is 0. The average molecular weight is 248 g/mol. The van der Waals surface area contributed by atoms with Crippen molar-refractivity contribution in [1.82, 2.24) is 0 Å². The van der Waals surface area contributed by atoms with E-state index in [1.54, 1.807) is 0 Å². The zero-order valence-electron chi connectivity index (χ0n) is 12.1. The van der Waals surface area contributed by atoms with E-state index in [2.05, 4.69) is 34.6 Å². The largest absolute Gasteiger partial charge is 0.498 e. The maximum absolute atomic E-state index is 6.17. The highest BCUT2D eigenvalue weighted by molar-refractivity contribution is 6.59. The van der Waals surface area contributed by atoms with Gasteiger partial charge in [-0.2, -0.15) is 0 Å². The summed E-state index contributed by atoms with van der Waals surface area (Å²) in [7, 11) is -2.49. The minimum atomic E-state index is -2.49. The van der Waals surface area contributed by atoms with Gasteiger partial charge in [-0.1, -0.05) is 20.8 Å². The van der Waals surface area contributed by atoms with Gasteiger partial charge in [-0.3, -0.25) is 0 Å². The lowest BCUT2D eigenvalue weighted by Gasteiger charge is -2.43. The van der Waals surface area contributed by atoms with Gasteiger partial charge in [0, 0.05) is 19.8 Å². The molecule has 0 fully saturated rings. The van der Waals surface area contributed by atoms with Gasteiger partial charge in [0.15, 0.2) is 0 Å². The Morgan fingerprint density at radius 2 is 1.25 bits per heavy atom. The Labute approximate surface area is 102 Å². The minimum absolute atomic E-state index is 0.0511. The van der Waals surface area contributed by atoms with Crippen LogP contribution in [0.1, 0.15) is 48.5 Å². The summed E-state index contributed by atoms with van der Waals surface area (Å²) in [5.74, 6) is 0. The molecular weight excluding hydrogens is 220 g/mol. The van der Waals surface area contributed by atoms with Crippen LogP contribution in [0.25, 0.3) is 0 Å². The van der Waals surface area contributed by atoms with Gasteiger partial charge >= 0.3 is 8.80 Å². The van der Waals surface area contributed by atoms with Crippen molar-refractivity contribution in [1.29, 1.82) is 0 Å². The van der Waals surface area contributed by atoms with E-state index in [1.807, 2.05) is 20.4 Å². The molecule has 0 radical (unpaired) electrons. The highest BCUT2D eigenvalue weighted by Gasteiger charge is 2.45. The molecule has 4 heteroatoms. The van der Waals surface area contributed by atoms with Gasteiger partial charge in [-0.25, -0.2) is 0 Å². The molecule has 3 nitrogen and oxygen atoms in total. The molecule has 0 aliphatic rings. The van der Waals surface area contributed by atoms with Crippen molar-refractivity contribution in [3.8, 4) is 0 Å². The second-order valence-electron chi connectivity index (χ2n) is 5.59. The molecule has 0 atom stereocenters. The summed E-state index contributed by atoms with van der Waals surface area (Å²) in [5.41, 5.74) is -0.215. The van der Waals surface area contributed by atoms with Crippen LogP contribution in [-0.4, -0.2) is 27.6 Å². The molecule has 0 aromatic heterocycles. The Morgan fingerprint density at radius 3 is 1.50 bits per heavy atom. The molecule has 0 aliphatic carbocycles. The van der Waals surface area contributed by atoms with Crippen molar-refractivity contribution in [2.75, 3.05) is 13.2 Å². The molecule has 0 saturated carbocycles. The van der Waals surface area contributed by atoms with E-state index in [-0.39, 0.29) is 11.0 Å². The zero-order valence-corrected chi connectivity index (χ0v) is 13.1. The molecule has 0 aromatic rings. The number of hydrogen-bond donors (Lipinski definition) is 0. The Balaban J connectivity index is 4.74. The second kappa shape index (κ2) is 5.62. The highest BCUT2D eigenvalue weighted by Crippen LogP contribution is 2.35. The standard InChI is InChI=1S/C12H28O3Si/c1-9-13-16(8,14-10-2)15-12(6,7)11(3,4)5/h9-10H2,1-8H3. The number of hydrogen-bond acceptors (Lipinski definition) is 3. The van der Waals surface area contributed by atoms with E-state index < -0.39 is 8.80 Å². The van der Waals surface area contributed by atoms with Gasteiger partial charge in [0.05, 0.1) is 5.60 Å². The van der Waals surface area contributed by atoms with Crippen molar-refractivity contribution in [2.24, 2.45) is 5.41 Å². The number of rotatable bonds is 6. The van der Waals surface area contributed by atoms with Crippen molar-refractivity contribution < 1.29 is 13.3 Å². The molecule has 0 N–H and O–H groups in total. The predicted octanol–water partition coefficient (Wildman–Crippen LogP) is 3.47. The van der Waals surface area contributed by atoms with Gasteiger partial charge in [0.1, 0.15) is 0 Å². The molecule has 0 aromatic carbocycles. The first-order chi connectivity index (χ1) is 7.08. The summed E-state index contributed by atoms with van der Waals surface area (Å²) in [4.78, 5) is 0. The lowest BCUT2D eigenvalue weighted by molar-refractivity contribution is -0.0649. The van der Waals surface area contributed by atoms with Gasteiger partial charge in [0.2, 0.25) is 0 Å². The van der Waals surface area contributed by atoms with Gasteiger partial charge in [0.25, 0.3) is 0 Å². The Kier molecular flexibility index (Phi) is 5.66. The van der Waals surface area contributed by atoms with E-state index in [0.29, 0.717) is 13.2 Å². The Morgan fingerprint density at radius 1 is 0.875 bits per heavy atom. The van der Waals surface area contributed by atoms with Crippen molar-refractivity contribution >= 4 is 8.80 Å². The summed E-state index contributed by atoms with van der Waals surface area (Å²) in [6.45, 7) is 17.8.